The molecule has 0 saturated carbocycles. The summed E-state index contributed by atoms with van der Waals surface area (Å²) in [5.74, 6) is -3.50. The summed E-state index contributed by atoms with van der Waals surface area (Å²) in [5, 5.41) is 13.9. The van der Waals surface area contributed by atoms with E-state index in [1.54, 1.807) is 0 Å². The van der Waals surface area contributed by atoms with Gasteiger partial charge in [0.15, 0.2) is 5.25 Å². The second kappa shape index (κ2) is 27.4. The topological polar surface area (TPSA) is 129 Å². The van der Waals surface area contributed by atoms with Crippen molar-refractivity contribution in [2.75, 3.05) is 0 Å². The molecule has 0 saturated heterocycles. The number of hydrogen-bond donors (Lipinski definition) is 3. The Bertz CT molecular complexity index is 550. The average Bonchev–Trinajstić information content (AvgIpc) is 2.73. The standard InChI is InChI=1S/C21H43.C4H6O7S.Na/c1-3-5-7-9-11-13-15-17-19-21-20-18-16-14-12-10-8-6-4-2;5-3(6)1-2(4(7)8)12(9,10)11;/h21H,3-20H2,1-2H3;2H,1H2,(H,5,6)(H,7,8)(H,9,10,11);/q-1;;+1. The van der Waals surface area contributed by atoms with Gasteiger partial charge in [0.05, 0.1) is 6.42 Å². The molecule has 0 bridgehead atoms. The van der Waals surface area contributed by atoms with E-state index in [4.69, 9.17) is 14.8 Å². The van der Waals surface area contributed by atoms with E-state index >= 15 is 0 Å². The third-order valence-corrected chi connectivity index (χ3v) is 6.61. The summed E-state index contributed by atoms with van der Waals surface area (Å²) in [6.07, 6.45) is 27.3. The molecular weight excluding hydrogens is 467 g/mol. The Morgan fingerprint density at radius 1 is 0.676 bits per heavy atom. The van der Waals surface area contributed by atoms with E-state index < -0.39 is 33.7 Å². The van der Waals surface area contributed by atoms with Crippen molar-refractivity contribution in [1.29, 1.82) is 0 Å². The van der Waals surface area contributed by atoms with Crippen LogP contribution in [0.3, 0.4) is 0 Å². The first-order chi connectivity index (χ1) is 15.7. The fourth-order valence-electron chi connectivity index (χ4n) is 3.47. The monoisotopic (exact) mass is 516 g/mol. The Labute approximate surface area is 230 Å². The maximum atomic E-state index is 10.2. The number of hydrogen-bond acceptors (Lipinski definition) is 4. The van der Waals surface area contributed by atoms with E-state index in [0.29, 0.717) is 0 Å². The van der Waals surface area contributed by atoms with Crippen molar-refractivity contribution < 1.29 is 62.3 Å². The van der Waals surface area contributed by atoms with Crippen LogP contribution in [0.25, 0.3) is 0 Å². The SMILES string of the molecule is CCCCCCCCCC[CH-]CCCCCCCCCC.O=C(O)CC(C(=O)O)S(=O)(=O)O.[Na+]. The molecule has 0 radical (unpaired) electrons. The third kappa shape index (κ3) is 29.9. The zero-order chi connectivity index (χ0) is 25.4. The molecule has 0 aliphatic heterocycles. The quantitative estimate of drug-likeness (QED) is 0.0856. The summed E-state index contributed by atoms with van der Waals surface area (Å²) in [4.78, 5) is 20.0. The van der Waals surface area contributed by atoms with Crippen molar-refractivity contribution in [3.63, 3.8) is 0 Å². The van der Waals surface area contributed by atoms with Gasteiger partial charge in [-0.3, -0.25) is 14.1 Å². The summed E-state index contributed by atoms with van der Waals surface area (Å²) in [6, 6.07) is 0. The van der Waals surface area contributed by atoms with Gasteiger partial charge in [0.1, 0.15) is 0 Å². The number of carboxylic acid groups (broad SMARTS) is 2. The molecule has 0 aromatic rings. The molecule has 7 nitrogen and oxygen atoms in total. The summed E-state index contributed by atoms with van der Waals surface area (Å²) >= 11 is 0. The van der Waals surface area contributed by atoms with E-state index in [0.717, 1.165) is 0 Å². The van der Waals surface area contributed by atoms with E-state index in [-0.39, 0.29) is 29.6 Å². The van der Waals surface area contributed by atoms with Crippen LogP contribution in [0.15, 0.2) is 0 Å². The van der Waals surface area contributed by atoms with Crippen molar-refractivity contribution in [2.45, 2.75) is 141 Å². The summed E-state index contributed by atoms with van der Waals surface area (Å²) in [6.45, 7) is 4.59. The summed E-state index contributed by atoms with van der Waals surface area (Å²) < 4.78 is 28.7. The van der Waals surface area contributed by atoms with Gasteiger partial charge in [-0.05, 0) is 0 Å². The maximum absolute atomic E-state index is 10.2. The molecule has 0 aromatic heterocycles. The predicted molar refractivity (Wildman–Crippen MR) is 134 cm³/mol. The first-order valence-electron chi connectivity index (χ1n) is 12.9. The van der Waals surface area contributed by atoms with E-state index in [2.05, 4.69) is 20.3 Å². The normalized spacial score (nSPS) is 11.7. The van der Waals surface area contributed by atoms with Crippen molar-refractivity contribution in [3.8, 4) is 0 Å². The first kappa shape index (κ1) is 38.4. The fraction of sp³-hybridized carbons (Fsp3) is 0.880. The van der Waals surface area contributed by atoms with Gasteiger partial charge in [0.25, 0.3) is 10.1 Å². The second-order valence-electron chi connectivity index (χ2n) is 8.76. The van der Waals surface area contributed by atoms with Gasteiger partial charge < -0.3 is 16.6 Å². The van der Waals surface area contributed by atoms with E-state index in [9.17, 15) is 18.0 Å². The van der Waals surface area contributed by atoms with Gasteiger partial charge in [-0.15, -0.1) is 0 Å². The van der Waals surface area contributed by atoms with E-state index in [1.807, 2.05) is 0 Å². The molecule has 0 amide bonds. The van der Waals surface area contributed by atoms with Gasteiger partial charge >= 0.3 is 41.5 Å². The van der Waals surface area contributed by atoms with Crippen molar-refractivity contribution in [2.24, 2.45) is 0 Å². The number of carboxylic acids is 2. The number of rotatable bonds is 22. The Morgan fingerprint density at radius 2 is 1.00 bits per heavy atom. The van der Waals surface area contributed by atoms with Crippen LogP contribution in [0.2, 0.25) is 0 Å². The Balaban J connectivity index is -0.000000632. The molecule has 0 aliphatic carbocycles. The minimum atomic E-state index is -4.84. The van der Waals surface area contributed by atoms with Crippen LogP contribution in [0.1, 0.15) is 136 Å². The largest absolute Gasteiger partial charge is 1.00 e. The average molecular weight is 517 g/mol. The molecule has 1 unspecified atom stereocenters. The van der Waals surface area contributed by atoms with Gasteiger partial charge in [-0.25, -0.2) is 0 Å². The summed E-state index contributed by atoms with van der Waals surface area (Å²) in [5.41, 5.74) is 0. The van der Waals surface area contributed by atoms with Crippen LogP contribution in [-0.2, 0) is 19.7 Å². The van der Waals surface area contributed by atoms with Crippen molar-refractivity contribution in [3.05, 3.63) is 6.42 Å². The third-order valence-electron chi connectivity index (χ3n) is 5.52. The van der Waals surface area contributed by atoms with E-state index in [1.165, 1.54) is 116 Å². The Kier molecular flexibility index (Phi) is 31.0. The van der Waals surface area contributed by atoms with Crippen LogP contribution in [0.4, 0.5) is 0 Å². The molecule has 0 aliphatic rings. The number of carbonyl (C=O) groups is 2. The molecule has 0 spiro atoms. The summed E-state index contributed by atoms with van der Waals surface area (Å²) in [7, 11) is -4.84. The molecular formula is C25H49NaO7S. The number of unbranched alkanes of at least 4 members (excludes halogenated alkanes) is 18. The molecule has 34 heavy (non-hydrogen) atoms. The molecule has 3 N–H and O–H groups in total. The van der Waals surface area contributed by atoms with Crippen LogP contribution < -0.4 is 29.6 Å². The van der Waals surface area contributed by atoms with Crippen molar-refractivity contribution >= 4 is 22.1 Å². The first-order valence-corrected chi connectivity index (χ1v) is 14.4. The van der Waals surface area contributed by atoms with Crippen molar-refractivity contribution in [1.82, 2.24) is 0 Å². The molecule has 198 valence electrons. The van der Waals surface area contributed by atoms with Crippen LogP contribution in [0, 0.1) is 6.42 Å². The van der Waals surface area contributed by atoms with Gasteiger partial charge in [0, 0.05) is 0 Å². The fourth-order valence-corrected chi connectivity index (χ4v) is 4.08. The predicted octanol–water partition coefficient (Wildman–Crippen LogP) is 4.06. The minimum Gasteiger partial charge on any atom is -0.481 e. The van der Waals surface area contributed by atoms with Gasteiger partial charge in [-0.2, -0.15) is 21.3 Å². The van der Waals surface area contributed by atoms with Crippen LogP contribution in [-0.4, -0.2) is 40.4 Å². The zero-order valence-corrected chi connectivity index (χ0v) is 24.8. The van der Waals surface area contributed by atoms with Gasteiger partial charge in [0.2, 0.25) is 0 Å². The Hall–Kier alpha value is -0.150. The van der Waals surface area contributed by atoms with Gasteiger partial charge in [-0.1, -0.05) is 117 Å². The molecule has 0 heterocycles. The smallest absolute Gasteiger partial charge is 0.481 e. The van der Waals surface area contributed by atoms with Crippen LogP contribution >= 0.6 is 0 Å². The second-order valence-corrected chi connectivity index (χ2v) is 10.4. The zero-order valence-electron chi connectivity index (χ0n) is 22.0. The molecule has 0 aromatic carbocycles. The molecule has 0 fully saturated rings. The number of aliphatic carboxylic acids is 2. The Morgan fingerprint density at radius 3 is 1.24 bits per heavy atom. The molecule has 1 atom stereocenters. The molecule has 9 heteroatoms. The maximum Gasteiger partial charge on any atom is 1.00 e. The molecule has 0 rings (SSSR count). The van der Waals surface area contributed by atoms with Crippen LogP contribution in [0.5, 0.6) is 0 Å². The minimum absolute atomic E-state index is 0.